The summed E-state index contributed by atoms with van der Waals surface area (Å²) in [5, 5.41) is 3.62. The van der Waals surface area contributed by atoms with Gasteiger partial charge >= 0.3 is 0 Å². The van der Waals surface area contributed by atoms with Crippen LogP contribution < -0.4 is 10.1 Å². The largest absolute Gasteiger partial charge is 0.497 e. The van der Waals surface area contributed by atoms with Crippen LogP contribution in [0.5, 0.6) is 5.75 Å². The number of benzene rings is 1. The summed E-state index contributed by atoms with van der Waals surface area (Å²) in [5.74, 6) is 1.56. The van der Waals surface area contributed by atoms with Gasteiger partial charge in [-0.2, -0.15) is 0 Å². The highest BCUT2D eigenvalue weighted by Crippen LogP contribution is 2.25. The highest BCUT2D eigenvalue weighted by Gasteiger charge is 2.16. The van der Waals surface area contributed by atoms with E-state index >= 15 is 0 Å². The lowest BCUT2D eigenvalue weighted by atomic mass is 9.90. The lowest BCUT2D eigenvalue weighted by Crippen LogP contribution is -2.34. The van der Waals surface area contributed by atoms with Gasteiger partial charge in [-0.1, -0.05) is 25.5 Å². The molecular formula is C15H23NO. The van der Waals surface area contributed by atoms with E-state index in [1.807, 2.05) is 0 Å². The molecule has 1 aliphatic heterocycles. The van der Waals surface area contributed by atoms with E-state index in [1.54, 1.807) is 7.11 Å². The Morgan fingerprint density at radius 3 is 2.65 bits per heavy atom. The van der Waals surface area contributed by atoms with E-state index in [9.17, 15) is 0 Å². The third-order valence-electron chi connectivity index (χ3n) is 3.74. The maximum Gasteiger partial charge on any atom is 0.118 e. The number of piperidine rings is 1. The van der Waals surface area contributed by atoms with Gasteiger partial charge in [0.25, 0.3) is 0 Å². The second-order valence-electron chi connectivity index (χ2n) is 5.06. The fourth-order valence-electron chi connectivity index (χ4n) is 2.62. The molecule has 94 valence electrons. The van der Waals surface area contributed by atoms with Gasteiger partial charge in [-0.15, -0.1) is 0 Å². The first-order valence-electron chi connectivity index (χ1n) is 6.67. The van der Waals surface area contributed by atoms with Crippen molar-refractivity contribution in [3.05, 3.63) is 29.8 Å². The van der Waals surface area contributed by atoms with Crippen molar-refractivity contribution in [2.75, 3.05) is 13.7 Å². The predicted molar refractivity (Wildman–Crippen MR) is 71.7 cm³/mol. The van der Waals surface area contributed by atoms with Crippen LogP contribution in [-0.4, -0.2) is 19.7 Å². The Hall–Kier alpha value is -1.02. The van der Waals surface area contributed by atoms with E-state index in [4.69, 9.17) is 4.74 Å². The fraction of sp³-hybridized carbons (Fsp3) is 0.600. The average molecular weight is 233 g/mol. The zero-order valence-electron chi connectivity index (χ0n) is 10.9. The Balaban J connectivity index is 1.91. The van der Waals surface area contributed by atoms with Gasteiger partial charge < -0.3 is 10.1 Å². The van der Waals surface area contributed by atoms with Gasteiger partial charge in [-0.3, -0.25) is 0 Å². The molecule has 1 N–H and O–H groups in total. The number of ether oxygens (including phenoxy) is 1. The van der Waals surface area contributed by atoms with Gasteiger partial charge in [0.2, 0.25) is 0 Å². The van der Waals surface area contributed by atoms with Crippen LogP contribution in [0.4, 0.5) is 0 Å². The Labute approximate surface area is 104 Å². The Morgan fingerprint density at radius 1 is 1.29 bits per heavy atom. The zero-order chi connectivity index (χ0) is 12.1. The predicted octanol–water partition coefficient (Wildman–Crippen LogP) is 3.33. The summed E-state index contributed by atoms with van der Waals surface area (Å²) in [6, 6.07) is 9.19. The van der Waals surface area contributed by atoms with Crippen LogP contribution in [0.1, 0.15) is 44.1 Å². The maximum absolute atomic E-state index is 5.19. The van der Waals surface area contributed by atoms with Crippen LogP contribution in [0, 0.1) is 0 Å². The smallest absolute Gasteiger partial charge is 0.118 e. The molecule has 0 aromatic heterocycles. The van der Waals surface area contributed by atoms with E-state index in [0.717, 1.165) is 5.75 Å². The normalized spacial score (nSPS) is 22.1. The van der Waals surface area contributed by atoms with Crippen molar-refractivity contribution in [3.8, 4) is 5.75 Å². The third-order valence-corrected chi connectivity index (χ3v) is 3.74. The molecule has 0 spiro atoms. The lowest BCUT2D eigenvalue weighted by Gasteiger charge is -2.26. The first-order valence-corrected chi connectivity index (χ1v) is 6.67. The van der Waals surface area contributed by atoms with E-state index in [0.29, 0.717) is 12.0 Å². The number of rotatable bonds is 4. The molecule has 2 atom stereocenters. The minimum absolute atomic E-state index is 0.622. The molecule has 0 radical (unpaired) electrons. The van der Waals surface area contributed by atoms with Crippen LogP contribution in [0.25, 0.3) is 0 Å². The van der Waals surface area contributed by atoms with Crippen molar-refractivity contribution >= 4 is 0 Å². The molecule has 1 fully saturated rings. The second kappa shape index (κ2) is 6.06. The Kier molecular flexibility index (Phi) is 4.43. The van der Waals surface area contributed by atoms with Crippen LogP contribution in [0.3, 0.4) is 0 Å². The molecule has 0 saturated carbocycles. The van der Waals surface area contributed by atoms with E-state index < -0.39 is 0 Å². The van der Waals surface area contributed by atoms with E-state index in [-0.39, 0.29) is 0 Å². The van der Waals surface area contributed by atoms with Crippen molar-refractivity contribution in [3.63, 3.8) is 0 Å². The summed E-state index contributed by atoms with van der Waals surface area (Å²) in [6.07, 6.45) is 5.30. The minimum atomic E-state index is 0.622. The highest BCUT2D eigenvalue weighted by molar-refractivity contribution is 5.29. The van der Waals surface area contributed by atoms with Gasteiger partial charge in [-0.25, -0.2) is 0 Å². The van der Waals surface area contributed by atoms with Gasteiger partial charge in [0, 0.05) is 6.04 Å². The molecule has 1 aliphatic rings. The van der Waals surface area contributed by atoms with Crippen molar-refractivity contribution in [1.29, 1.82) is 0 Å². The number of hydrogen-bond donors (Lipinski definition) is 1. The first kappa shape index (κ1) is 12.4. The van der Waals surface area contributed by atoms with Gasteiger partial charge in [-0.05, 0) is 49.4 Å². The van der Waals surface area contributed by atoms with Gasteiger partial charge in [0.05, 0.1) is 7.11 Å². The molecule has 2 heteroatoms. The molecule has 1 saturated heterocycles. The molecule has 0 aliphatic carbocycles. The number of methoxy groups -OCH3 is 1. The van der Waals surface area contributed by atoms with Crippen molar-refractivity contribution in [2.24, 2.45) is 0 Å². The van der Waals surface area contributed by atoms with Crippen LogP contribution in [0.2, 0.25) is 0 Å². The molecule has 1 aromatic carbocycles. The summed E-state index contributed by atoms with van der Waals surface area (Å²) in [7, 11) is 1.71. The minimum Gasteiger partial charge on any atom is -0.497 e. The average Bonchev–Trinajstić information content (AvgIpc) is 2.40. The van der Waals surface area contributed by atoms with Gasteiger partial charge in [0.15, 0.2) is 0 Å². The maximum atomic E-state index is 5.19. The molecule has 2 rings (SSSR count). The topological polar surface area (TPSA) is 21.3 Å². The summed E-state index contributed by atoms with van der Waals surface area (Å²) in [6.45, 7) is 3.51. The Morgan fingerprint density at radius 2 is 2.06 bits per heavy atom. The molecule has 1 heterocycles. The summed E-state index contributed by atoms with van der Waals surface area (Å²) >= 11 is 0. The number of nitrogens with one attached hydrogen (secondary N) is 1. The molecule has 1 aromatic rings. The fourth-order valence-corrected chi connectivity index (χ4v) is 2.62. The van der Waals surface area contributed by atoms with E-state index in [2.05, 4.69) is 36.5 Å². The second-order valence-corrected chi connectivity index (χ2v) is 5.06. The van der Waals surface area contributed by atoms with Crippen molar-refractivity contribution in [2.45, 2.75) is 44.6 Å². The van der Waals surface area contributed by atoms with Gasteiger partial charge in [0.1, 0.15) is 5.75 Å². The molecular weight excluding hydrogens is 210 g/mol. The SMILES string of the molecule is COc1ccc(C(C)CC2CCCCN2)cc1. The van der Waals surface area contributed by atoms with E-state index in [1.165, 1.54) is 37.8 Å². The summed E-state index contributed by atoms with van der Waals surface area (Å²) in [5.41, 5.74) is 1.41. The van der Waals surface area contributed by atoms with Crippen LogP contribution in [-0.2, 0) is 0 Å². The molecule has 0 amide bonds. The molecule has 2 nitrogen and oxygen atoms in total. The standard InChI is InChI=1S/C15H23NO/c1-12(11-14-5-3-4-10-16-14)13-6-8-15(17-2)9-7-13/h6-9,12,14,16H,3-5,10-11H2,1-2H3. The van der Waals surface area contributed by atoms with Crippen LogP contribution in [0.15, 0.2) is 24.3 Å². The molecule has 2 unspecified atom stereocenters. The zero-order valence-corrected chi connectivity index (χ0v) is 10.9. The quantitative estimate of drug-likeness (QED) is 0.861. The summed E-state index contributed by atoms with van der Waals surface area (Å²) in [4.78, 5) is 0. The first-order chi connectivity index (χ1) is 8.29. The number of hydrogen-bond acceptors (Lipinski definition) is 2. The molecule has 17 heavy (non-hydrogen) atoms. The summed E-state index contributed by atoms with van der Waals surface area (Å²) < 4.78 is 5.19. The van der Waals surface area contributed by atoms with Crippen LogP contribution >= 0.6 is 0 Å². The molecule has 0 bridgehead atoms. The lowest BCUT2D eigenvalue weighted by molar-refractivity contribution is 0.366. The monoisotopic (exact) mass is 233 g/mol. The van der Waals surface area contributed by atoms with Crippen molar-refractivity contribution in [1.82, 2.24) is 5.32 Å². The Bertz CT molecular complexity index is 327. The third kappa shape index (κ3) is 3.47. The highest BCUT2D eigenvalue weighted by atomic mass is 16.5. The van der Waals surface area contributed by atoms with Crippen molar-refractivity contribution < 1.29 is 4.74 Å².